The van der Waals surface area contributed by atoms with E-state index in [1.165, 1.54) is 0 Å². The van der Waals surface area contributed by atoms with Gasteiger partial charge in [-0.05, 0) is 30.5 Å². The Kier molecular flexibility index (Phi) is 5.30. The van der Waals surface area contributed by atoms with Crippen molar-refractivity contribution in [2.24, 2.45) is 0 Å². The molecule has 1 aliphatic carbocycles. The molecular formula is C15H19Cl2NO2. The summed E-state index contributed by atoms with van der Waals surface area (Å²) in [6.45, 7) is 1.08. The number of carbonyl (C=O) groups excluding carboxylic acids is 1. The molecule has 0 heterocycles. The van der Waals surface area contributed by atoms with Gasteiger partial charge < -0.3 is 10.1 Å². The van der Waals surface area contributed by atoms with E-state index in [0.717, 1.165) is 24.8 Å². The predicted molar refractivity (Wildman–Crippen MR) is 81.5 cm³/mol. The van der Waals surface area contributed by atoms with E-state index >= 15 is 0 Å². The first kappa shape index (κ1) is 15.6. The second-order valence-corrected chi connectivity index (χ2v) is 6.10. The number of carbonyl (C=O) groups is 1. The van der Waals surface area contributed by atoms with Gasteiger partial charge in [-0.15, -0.1) is 0 Å². The molecule has 0 saturated heterocycles. The van der Waals surface area contributed by atoms with Gasteiger partial charge in [0.1, 0.15) is 0 Å². The summed E-state index contributed by atoms with van der Waals surface area (Å²) in [7, 11) is 1.62. The van der Waals surface area contributed by atoms with Crippen LogP contribution in [-0.4, -0.2) is 26.2 Å². The molecule has 0 unspecified atom stereocenters. The Morgan fingerprint density at radius 3 is 2.65 bits per heavy atom. The molecule has 2 rings (SSSR count). The van der Waals surface area contributed by atoms with Crippen molar-refractivity contribution in [1.29, 1.82) is 0 Å². The zero-order valence-corrected chi connectivity index (χ0v) is 13.1. The number of halogens is 2. The first-order valence-electron chi connectivity index (χ1n) is 6.78. The summed E-state index contributed by atoms with van der Waals surface area (Å²) in [5.41, 5.74) is 1.03. The second kappa shape index (κ2) is 6.79. The molecule has 0 atom stereocenters. The van der Waals surface area contributed by atoms with E-state index in [4.69, 9.17) is 27.9 Å². The van der Waals surface area contributed by atoms with Crippen molar-refractivity contribution in [3.05, 3.63) is 33.8 Å². The van der Waals surface area contributed by atoms with Crippen LogP contribution in [-0.2, 0) is 14.9 Å². The first-order valence-corrected chi connectivity index (χ1v) is 7.54. The fourth-order valence-electron chi connectivity index (χ4n) is 2.66. The lowest BCUT2D eigenvalue weighted by molar-refractivity contribution is -0.123. The molecule has 1 fully saturated rings. The fourth-order valence-corrected chi connectivity index (χ4v) is 2.96. The van der Waals surface area contributed by atoms with Gasteiger partial charge in [-0.3, -0.25) is 4.79 Å². The molecule has 20 heavy (non-hydrogen) atoms. The molecular weight excluding hydrogens is 297 g/mol. The van der Waals surface area contributed by atoms with Crippen molar-refractivity contribution >= 4 is 29.1 Å². The predicted octanol–water partition coefficient (Wildman–Crippen LogP) is 3.57. The highest BCUT2D eigenvalue weighted by atomic mass is 35.5. The van der Waals surface area contributed by atoms with Gasteiger partial charge in [0, 0.05) is 25.5 Å². The highest BCUT2D eigenvalue weighted by molar-refractivity contribution is 6.42. The maximum Gasteiger partial charge on any atom is 0.220 e. The largest absolute Gasteiger partial charge is 0.383 e. The number of benzene rings is 1. The first-order chi connectivity index (χ1) is 9.57. The molecule has 1 aliphatic rings. The Morgan fingerprint density at radius 1 is 1.35 bits per heavy atom. The highest BCUT2D eigenvalue weighted by Crippen LogP contribution is 2.47. The SMILES string of the molecule is COCCNC(=O)CC1(c2ccc(Cl)c(Cl)c2)CCC1. The van der Waals surface area contributed by atoms with Crippen LogP contribution >= 0.6 is 23.2 Å². The number of hydrogen-bond acceptors (Lipinski definition) is 2. The van der Waals surface area contributed by atoms with Crippen molar-refractivity contribution in [3.8, 4) is 0 Å². The van der Waals surface area contributed by atoms with Gasteiger partial charge in [0.25, 0.3) is 0 Å². The van der Waals surface area contributed by atoms with Crippen molar-refractivity contribution in [2.45, 2.75) is 31.1 Å². The zero-order chi connectivity index (χ0) is 14.6. The topological polar surface area (TPSA) is 38.3 Å². The summed E-state index contributed by atoms with van der Waals surface area (Å²) in [6, 6.07) is 5.68. The number of methoxy groups -OCH3 is 1. The summed E-state index contributed by atoms with van der Waals surface area (Å²) >= 11 is 12.0. The van der Waals surface area contributed by atoms with Crippen molar-refractivity contribution in [2.75, 3.05) is 20.3 Å². The van der Waals surface area contributed by atoms with Crippen LogP contribution in [0.15, 0.2) is 18.2 Å². The number of nitrogens with one attached hydrogen (secondary N) is 1. The molecule has 5 heteroatoms. The van der Waals surface area contributed by atoms with Crippen LogP contribution in [0.1, 0.15) is 31.2 Å². The van der Waals surface area contributed by atoms with Crippen LogP contribution in [0.5, 0.6) is 0 Å². The normalized spacial score (nSPS) is 16.6. The Hall–Kier alpha value is -0.770. The van der Waals surface area contributed by atoms with Crippen LogP contribution in [0.2, 0.25) is 10.0 Å². The number of amides is 1. The molecule has 1 N–H and O–H groups in total. The highest BCUT2D eigenvalue weighted by Gasteiger charge is 2.40. The summed E-state index contributed by atoms with van der Waals surface area (Å²) in [4.78, 5) is 12.0. The molecule has 3 nitrogen and oxygen atoms in total. The maximum atomic E-state index is 12.0. The maximum absolute atomic E-state index is 12.0. The van der Waals surface area contributed by atoms with Gasteiger partial charge in [-0.25, -0.2) is 0 Å². The molecule has 0 radical (unpaired) electrons. The Bertz CT molecular complexity index is 487. The molecule has 1 amide bonds. The molecule has 0 aliphatic heterocycles. The molecule has 0 spiro atoms. The Labute approximate surface area is 129 Å². The minimum Gasteiger partial charge on any atom is -0.383 e. The van der Waals surface area contributed by atoms with Crippen LogP contribution in [0.4, 0.5) is 0 Å². The van der Waals surface area contributed by atoms with Crippen molar-refractivity contribution < 1.29 is 9.53 Å². The number of ether oxygens (including phenoxy) is 1. The van der Waals surface area contributed by atoms with Crippen molar-refractivity contribution in [1.82, 2.24) is 5.32 Å². The quantitative estimate of drug-likeness (QED) is 0.815. The monoisotopic (exact) mass is 315 g/mol. The third kappa shape index (κ3) is 3.46. The van der Waals surface area contributed by atoms with Crippen LogP contribution in [0.25, 0.3) is 0 Å². The number of hydrogen-bond donors (Lipinski definition) is 1. The van der Waals surface area contributed by atoms with Crippen LogP contribution < -0.4 is 5.32 Å². The standard InChI is InChI=1S/C15H19Cl2NO2/c1-20-8-7-18-14(19)10-15(5-2-6-15)11-3-4-12(16)13(17)9-11/h3-4,9H,2,5-8,10H2,1H3,(H,18,19). The minimum absolute atomic E-state index is 0.0628. The molecule has 0 aromatic heterocycles. The molecule has 1 aromatic rings. The van der Waals surface area contributed by atoms with E-state index < -0.39 is 0 Å². The summed E-state index contributed by atoms with van der Waals surface area (Å²) in [6.07, 6.45) is 3.67. The zero-order valence-electron chi connectivity index (χ0n) is 11.5. The Balaban J connectivity index is 2.05. The van der Waals surface area contributed by atoms with E-state index in [2.05, 4.69) is 5.32 Å². The van der Waals surface area contributed by atoms with E-state index in [9.17, 15) is 4.79 Å². The minimum atomic E-state index is -0.0780. The average Bonchev–Trinajstić information content (AvgIpc) is 2.38. The van der Waals surface area contributed by atoms with E-state index in [1.54, 1.807) is 7.11 Å². The Morgan fingerprint density at radius 2 is 2.10 bits per heavy atom. The third-order valence-corrected chi connectivity index (χ3v) is 4.71. The van der Waals surface area contributed by atoms with Gasteiger partial charge in [0.2, 0.25) is 5.91 Å². The molecule has 1 saturated carbocycles. The molecule has 110 valence electrons. The van der Waals surface area contributed by atoms with E-state index in [1.807, 2.05) is 18.2 Å². The lowest BCUT2D eigenvalue weighted by atomic mass is 9.62. The lowest BCUT2D eigenvalue weighted by Gasteiger charge is -2.42. The second-order valence-electron chi connectivity index (χ2n) is 5.28. The van der Waals surface area contributed by atoms with E-state index in [0.29, 0.717) is 29.6 Å². The smallest absolute Gasteiger partial charge is 0.220 e. The van der Waals surface area contributed by atoms with Gasteiger partial charge in [-0.2, -0.15) is 0 Å². The van der Waals surface area contributed by atoms with Gasteiger partial charge in [0.15, 0.2) is 0 Å². The fraction of sp³-hybridized carbons (Fsp3) is 0.533. The lowest BCUT2D eigenvalue weighted by Crippen LogP contribution is -2.40. The average molecular weight is 316 g/mol. The van der Waals surface area contributed by atoms with Gasteiger partial charge in [-0.1, -0.05) is 35.7 Å². The van der Waals surface area contributed by atoms with Gasteiger partial charge >= 0.3 is 0 Å². The summed E-state index contributed by atoms with van der Waals surface area (Å²) < 4.78 is 4.93. The molecule has 1 aromatic carbocycles. The van der Waals surface area contributed by atoms with Crippen LogP contribution in [0.3, 0.4) is 0 Å². The van der Waals surface area contributed by atoms with Crippen LogP contribution in [0, 0.1) is 0 Å². The van der Waals surface area contributed by atoms with Gasteiger partial charge in [0.05, 0.1) is 16.7 Å². The van der Waals surface area contributed by atoms with E-state index in [-0.39, 0.29) is 11.3 Å². The molecule has 0 bridgehead atoms. The number of rotatable bonds is 6. The summed E-state index contributed by atoms with van der Waals surface area (Å²) in [5.74, 6) is 0.0628. The third-order valence-electron chi connectivity index (χ3n) is 3.97. The van der Waals surface area contributed by atoms with Crippen molar-refractivity contribution in [3.63, 3.8) is 0 Å². The summed E-state index contributed by atoms with van der Waals surface area (Å²) in [5, 5.41) is 3.98.